The molecule has 1 rings (SSSR count). The minimum absolute atomic E-state index is 0.0666. The zero-order valence-electron chi connectivity index (χ0n) is 9.08. The van der Waals surface area contributed by atoms with Crippen molar-refractivity contribution in [1.29, 1.82) is 0 Å². The lowest BCUT2D eigenvalue weighted by Crippen LogP contribution is -2.18. The highest BCUT2D eigenvalue weighted by Crippen LogP contribution is 2.14. The number of hydrogen-bond donors (Lipinski definition) is 1. The van der Waals surface area contributed by atoms with E-state index in [0.29, 0.717) is 13.2 Å². The average Bonchev–Trinajstić information content (AvgIpc) is 2.14. The first-order valence-corrected chi connectivity index (χ1v) is 4.92. The van der Waals surface area contributed by atoms with Crippen LogP contribution in [-0.4, -0.2) is 18.2 Å². The van der Waals surface area contributed by atoms with Gasteiger partial charge in [-0.25, -0.2) is 0 Å². The molecule has 2 N–H and O–H groups in total. The molecule has 0 saturated heterocycles. The second-order valence-corrected chi connectivity index (χ2v) is 3.39. The molecule has 14 heavy (non-hydrogen) atoms. The fraction of sp³-hybridized carbons (Fsp3) is 0.545. The first-order valence-electron chi connectivity index (χ1n) is 4.92. The molecular weight excluding hydrogens is 176 g/mol. The normalized spacial score (nSPS) is 12.9. The quantitative estimate of drug-likeness (QED) is 0.794. The lowest BCUT2D eigenvalue weighted by Gasteiger charge is -2.14. The Labute approximate surface area is 85.3 Å². The van der Waals surface area contributed by atoms with Crippen molar-refractivity contribution >= 4 is 0 Å². The second-order valence-electron chi connectivity index (χ2n) is 3.39. The van der Waals surface area contributed by atoms with Crippen molar-refractivity contribution in [3.63, 3.8) is 0 Å². The number of nitrogens with zero attached hydrogens (tertiary/aromatic N) is 1. The van der Waals surface area contributed by atoms with Gasteiger partial charge in [0.05, 0.1) is 12.6 Å². The van der Waals surface area contributed by atoms with Gasteiger partial charge in [-0.2, -0.15) is 0 Å². The fourth-order valence-corrected chi connectivity index (χ4v) is 1.42. The Balaban J connectivity index is 2.74. The highest BCUT2D eigenvalue weighted by atomic mass is 16.5. The molecule has 0 fully saturated rings. The minimum atomic E-state index is -0.0666. The van der Waals surface area contributed by atoms with Gasteiger partial charge >= 0.3 is 0 Å². The van der Waals surface area contributed by atoms with Crippen LogP contribution in [0.3, 0.4) is 0 Å². The molecule has 0 aliphatic carbocycles. The smallest absolute Gasteiger partial charge is 0.0659 e. The van der Waals surface area contributed by atoms with E-state index >= 15 is 0 Å². The molecule has 0 aromatic carbocycles. The Kier molecular flexibility index (Phi) is 4.04. The third kappa shape index (κ3) is 2.79. The van der Waals surface area contributed by atoms with Crippen LogP contribution in [0.5, 0.6) is 0 Å². The topological polar surface area (TPSA) is 48.1 Å². The van der Waals surface area contributed by atoms with Crippen molar-refractivity contribution in [1.82, 2.24) is 4.98 Å². The van der Waals surface area contributed by atoms with E-state index in [-0.39, 0.29) is 6.04 Å². The largest absolute Gasteiger partial charge is 0.380 e. The van der Waals surface area contributed by atoms with Crippen LogP contribution in [0.4, 0.5) is 0 Å². The Hall–Kier alpha value is -0.930. The number of ether oxygens (including phenoxy) is 1. The highest BCUT2D eigenvalue weighted by molar-refractivity contribution is 5.24. The van der Waals surface area contributed by atoms with Crippen LogP contribution in [-0.2, 0) is 4.74 Å². The molecule has 1 atom stereocenters. The number of aryl methyl sites for hydroxylation is 2. The van der Waals surface area contributed by atoms with E-state index in [9.17, 15) is 0 Å². The Morgan fingerprint density at radius 2 is 2.14 bits per heavy atom. The van der Waals surface area contributed by atoms with Gasteiger partial charge in [0.25, 0.3) is 0 Å². The number of rotatable bonds is 4. The Bertz CT molecular complexity index is 299. The molecule has 78 valence electrons. The molecule has 0 aliphatic rings. The molecular formula is C11H18N2O. The standard InChI is InChI=1S/C11H18N2O/c1-4-14-7-11(12)10-6-5-8(2)13-9(10)3/h5-6,11H,4,7,12H2,1-3H3. The molecule has 1 heterocycles. The van der Waals surface area contributed by atoms with Crippen LogP contribution in [0.25, 0.3) is 0 Å². The maximum Gasteiger partial charge on any atom is 0.0659 e. The van der Waals surface area contributed by atoms with E-state index in [1.165, 1.54) is 0 Å². The van der Waals surface area contributed by atoms with Gasteiger partial charge < -0.3 is 10.5 Å². The van der Waals surface area contributed by atoms with Gasteiger partial charge in [-0.3, -0.25) is 4.98 Å². The summed E-state index contributed by atoms with van der Waals surface area (Å²) in [4.78, 5) is 4.37. The number of aromatic nitrogens is 1. The lowest BCUT2D eigenvalue weighted by atomic mass is 10.1. The van der Waals surface area contributed by atoms with Crippen molar-refractivity contribution in [2.24, 2.45) is 5.73 Å². The zero-order chi connectivity index (χ0) is 10.6. The SMILES string of the molecule is CCOCC(N)c1ccc(C)nc1C. The summed E-state index contributed by atoms with van der Waals surface area (Å²) < 4.78 is 5.28. The number of nitrogens with two attached hydrogens (primary N) is 1. The van der Waals surface area contributed by atoms with E-state index in [2.05, 4.69) is 4.98 Å². The minimum Gasteiger partial charge on any atom is -0.380 e. The molecule has 0 aliphatic heterocycles. The van der Waals surface area contributed by atoms with E-state index in [1.807, 2.05) is 32.9 Å². The van der Waals surface area contributed by atoms with Crippen molar-refractivity contribution in [2.75, 3.05) is 13.2 Å². The Morgan fingerprint density at radius 1 is 1.43 bits per heavy atom. The molecule has 0 spiro atoms. The molecule has 1 aromatic rings. The molecule has 1 unspecified atom stereocenters. The van der Waals surface area contributed by atoms with Gasteiger partial charge in [-0.1, -0.05) is 6.07 Å². The molecule has 3 nitrogen and oxygen atoms in total. The van der Waals surface area contributed by atoms with E-state index in [1.54, 1.807) is 0 Å². The van der Waals surface area contributed by atoms with Crippen LogP contribution in [0, 0.1) is 13.8 Å². The summed E-state index contributed by atoms with van der Waals surface area (Å²) in [6.07, 6.45) is 0. The average molecular weight is 194 g/mol. The second kappa shape index (κ2) is 5.08. The van der Waals surface area contributed by atoms with Gasteiger partial charge in [0.2, 0.25) is 0 Å². The van der Waals surface area contributed by atoms with Gasteiger partial charge in [-0.05, 0) is 32.4 Å². The third-order valence-corrected chi connectivity index (χ3v) is 2.17. The molecule has 1 aromatic heterocycles. The molecule has 0 radical (unpaired) electrons. The van der Waals surface area contributed by atoms with Crippen LogP contribution >= 0.6 is 0 Å². The predicted molar refractivity (Wildman–Crippen MR) is 57.1 cm³/mol. The van der Waals surface area contributed by atoms with Crippen LogP contribution < -0.4 is 5.73 Å². The van der Waals surface area contributed by atoms with Gasteiger partial charge in [0, 0.05) is 18.0 Å². The maximum absolute atomic E-state index is 5.97. The van der Waals surface area contributed by atoms with E-state index < -0.39 is 0 Å². The molecule has 0 amide bonds. The summed E-state index contributed by atoms with van der Waals surface area (Å²) in [6.45, 7) is 7.18. The molecule has 0 saturated carbocycles. The first-order chi connectivity index (χ1) is 6.65. The molecule has 3 heteroatoms. The monoisotopic (exact) mass is 194 g/mol. The number of pyridine rings is 1. The van der Waals surface area contributed by atoms with Crippen molar-refractivity contribution in [2.45, 2.75) is 26.8 Å². The van der Waals surface area contributed by atoms with Crippen molar-refractivity contribution < 1.29 is 4.74 Å². The fourth-order valence-electron chi connectivity index (χ4n) is 1.42. The lowest BCUT2D eigenvalue weighted by molar-refractivity contribution is 0.133. The van der Waals surface area contributed by atoms with Gasteiger partial charge in [-0.15, -0.1) is 0 Å². The summed E-state index contributed by atoms with van der Waals surface area (Å²) in [5.74, 6) is 0. The van der Waals surface area contributed by atoms with Crippen LogP contribution in [0.1, 0.15) is 29.9 Å². The van der Waals surface area contributed by atoms with E-state index in [4.69, 9.17) is 10.5 Å². The van der Waals surface area contributed by atoms with Gasteiger partial charge in [0.1, 0.15) is 0 Å². The third-order valence-electron chi connectivity index (χ3n) is 2.17. The number of hydrogen-bond acceptors (Lipinski definition) is 3. The summed E-state index contributed by atoms with van der Waals surface area (Å²) in [7, 11) is 0. The highest BCUT2D eigenvalue weighted by Gasteiger charge is 2.09. The van der Waals surface area contributed by atoms with Crippen LogP contribution in [0.15, 0.2) is 12.1 Å². The van der Waals surface area contributed by atoms with Crippen molar-refractivity contribution in [3.05, 3.63) is 29.1 Å². The maximum atomic E-state index is 5.97. The summed E-state index contributed by atoms with van der Waals surface area (Å²) in [5, 5.41) is 0. The first kappa shape index (κ1) is 11.1. The Morgan fingerprint density at radius 3 is 2.71 bits per heavy atom. The molecule has 0 bridgehead atoms. The van der Waals surface area contributed by atoms with Crippen LogP contribution in [0.2, 0.25) is 0 Å². The predicted octanol–water partition coefficient (Wildman–Crippen LogP) is 1.73. The van der Waals surface area contributed by atoms with Crippen molar-refractivity contribution in [3.8, 4) is 0 Å². The zero-order valence-corrected chi connectivity index (χ0v) is 9.08. The summed E-state index contributed by atoms with van der Waals surface area (Å²) >= 11 is 0. The van der Waals surface area contributed by atoms with E-state index in [0.717, 1.165) is 17.0 Å². The summed E-state index contributed by atoms with van der Waals surface area (Å²) in [5.41, 5.74) is 9.06. The van der Waals surface area contributed by atoms with Gasteiger partial charge in [0.15, 0.2) is 0 Å². The summed E-state index contributed by atoms with van der Waals surface area (Å²) in [6, 6.07) is 3.94.